The van der Waals surface area contributed by atoms with Gasteiger partial charge in [-0.3, -0.25) is 4.79 Å². The lowest BCUT2D eigenvalue weighted by Crippen LogP contribution is -2.42. The number of carboxylic acid groups (broad SMARTS) is 1. The van der Waals surface area contributed by atoms with E-state index in [2.05, 4.69) is 5.32 Å². The number of nitrogens with one attached hydrogen (secondary N) is 1. The number of amides is 1. The summed E-state index contributed by atoms with van der Waals surface area (Å²) in [5.41, 5.74) is 3.14. The van der Waals surface area contributed by atoms with Crippen molar-refractivity contribution >= 4 is 31.7 Å². The number of carbonyl (C=O) groups excluding carboxylic acids is 1. The highest BCUT2D eigenvalue weighted by molar-refractivity contribution is 7.90. The molecule has 3 rings (SSSR count). The van der Waals surface area contributed by atoms with Crippen molar-refractivity contribution in [1.82, 2.24) is 14.5 Å². The van der Waals surface area contributed by atoms with Crippen LogP contribution in [0.4, 0.5) is 0 Å². The van der Waals surface area contributed by atoms with Crippen molar-refractivity contribution in [3.63, 3.8) is 0 Å². The van der Waals surface area contributed by atoms with Crippen molar-refractivity contribution in [1.29, 1.82) is 0 Å². The van der Waals surface area contributed by atoms with Gasteiger partial charge in [0.2, 0.25) is 10.0 Å². The predicted octanol–water partition coefficient (Wildman–Crippen LogP) is 4.33. The Morgan fingerprint density at radius 2 is 1.64 bits per heavy atom. The number of nitrogens with zero attached hydrogens (tertiary/aromatic N) is 2. The van der Waals surface area contributed by atoms with Gasteiger partial charge in [0.25, 0.3) is 5.91 Å². The molecule has 1 unspecified atom stereocenters. The number of rotatable bonds is 17. The molecule has 0 bridgehead atoms. The standard InChI is InChI=1S/C33H49N3O7S2/c1-25-11-8-9-14-28(25)30-23-27(15-16-29(30)32(37)34-31(33(38)39)18-22-44(4,40)41)24-36(20-17-26-12-6-5-7-13-26)45(42,43)21-10-19-35(2)3/h8-9,11,14-16,23,26,31H,5-7,10,12-13,17-22,24H2,1-4H3,(H,34,37)(H,38,39). The summed E-state index contributed by atoms with van der Waals surface area (Å²) in [4.78, 5) is 27.3. The van der Waals surface area contributed by atoms with Gasteiger partial charge < -0.3 is 15.3 Å². The van der Waals surface area contributed by atoms with E-state index in [1.807, 2.05) is 56.3 Å². The summed E-state index contributed by atoms with van der Waals surface area (Å²) in [6.07, 6.45) is 7.92. The number of aryl methyl sites for hydroxylation is 1. The summed E-state index contributed by atoms with van der Waals surface area (Å²) < 4.78 is 52.2. The number of carbonyl (C=O) groups is 2. The number of hydrogen-bond donors (Lipinski definition) is 2. The molecule has 1 fully saturated rings. The Labute approximate surface area is 269 Å². The van der Waals surface area contributed by atoms with Crippen LogP contribution >= 0.6 is 0 Å². The second-order valence-corrected chi connectivity index (χ2v) is 16.9. The third kappa shape index (κ3) is 11.8. The second-order valence-electron chi connectivity index (χ2n) is 12.6. The summed E-state index contributed by atoms with van der Waals surface area (Å²) in [5, 5.41) is 12.2. The molecule has 0 heterocycles. The van der Waals surface area contributed by atoms with E-state index in [0.29, 0.717) is 31.0 Å². The summed E-state index contributed by atoms with van der Waals surface area (Å²) in [6.45, 7) is 3.15. The summed E-state index contributed by atoms with van der Waals surface area (Å²) in [7, 11) is -3.15. The molecule has 250 valence electrons. The van der Waals surface area contributed by atoms with Gasteiger partial charge in [-0.1, -0.05) is 62.4 Å². The molecule has 2 aromatic carbocycles. The molecule has 2 aromatic rings. The fourth-order valence-corrected chi connectivity index (χ4v) is 7.97. The lowest BCUT2D eigenvalue weighted by Gasteiger charge is -2.27. The Balaban J connectivity index is 1.95. The van der Waals surface area contributed by atoms with Gasteiger partial charge >= 0.3 is 5.97 Å². The van der Waals surface area contributed by atoms with E-state index in [1.54, 1.807) is 16.4 Å². The minimum Gasteiger partial charge on any atom is -0.480 e. The maximum atomic E-state index is 13.6. The van der Waals surface area contributed by atoms with E-state index in [1.165, 1.54) is 19.3 Å². The molecule has 0 aromatic heterocycles. The molecule has 12 heteroatoms. The Bertz CT molecular complexity index is 1520. The highest BCUT2D eigenvalue weighted by Gasteiger charge is 2.27. The fourth-order valence-electron chi connectivity index (χ4n) is 5.83. The van der Waals surface area contributed by atoms with Crippen LogP contribution in [0.2, 0.25) is 0 Å². The molecule has 1 aliphatic rings. The van der Waals surface area contributed by atoms with E-state index in [9.17, 15) is 31.5 Å². The van der Waals surface area contributed by atoms with Crippen LogP contribution in [-0.4, -0.2) is 94.0 Å². The third-order valence-corrected chi connectivity index (χ3v) is 11.3. The molecule has 0 aliphatic heterocycles. The molecule has 2 N–H and O–H groups in total. The quantitative estimate of drug-likeness (QED) is 0.255. The first kappa shape index (κ1) is 36.7. The van der Waals surface area contributed by atoms with E-state index in [-0.39, 0.29) is 30.0 Å². The SMILES string of the molecule is Cc1ccccc1-c1cc(CN(CCC2CCCCC2)S(=O)(=O)CCCN(C)C)ccc1C(=O)NC(CCS(C)(=O)=O)C(=O)O. The maximum absolute atomic E-state index is 13.6. The van der Waals surface area contributed by atoms with Crippen molar-refractivity contribution in [2.45, 2.75) is 70.9 Å². The van der Waals surface area contributed by atoms with Gasteiger partial charge in [0, 0.05) is 24.9 Å². The van der Waals surface area contributed by atoms with Crippen LogP contribution in [0, 0.1) is 12.8 Å². The van der Waals surface area contributed by atoms with Crippen molar-refractivity contribution in [2.75, 3.05) is 44.9 Å². The van der Waals surface area contributed by atoms with Crippen LogP contribution in [0.1, 0.15) is 72.9 Å². The zero-order valence-electron chi connectivity index (χ0n) is 27.0. The highest BCUT2D eigenvalue weighted by Crippen LogP contribution is 2.30. The zero-order valence-corrected chi connectivity index (χ0v) is 28.6. The molecule has 1 saturated carbocycles. The van der Waals surface area contributed by atoms with E-state index in [4.69, 9.17) is 0 Å². The first-order valence-corrected chi connectivity index (χ1v) is 19.4. The first-order valence-electron chi connectivity index (χ1n) is 15.7. The smallest absolute Gasteiger partial charge is 0.326 e. The van der Waals surface area contributed by atoms with Crippen LogP contribution in [-0.2, 0) is 31.2 Å². The Hall–Kier alpha value is -2.80. The van der Waals surface area contributed by atoms with Crippen LogP contribution in [0.3, 0.4) is 0 Å². The summed E-state index contributed by atoms with van der Waals surface area (Å²) in [5.74, 6) is -1.80. The highest BCUT2D eigenvalue weighted by atomic mass is 32.2. The Morgan fingerprint density at radius 1 is 0.956 bits per heavy atom. The molecular weight excluding hydrogens is 615 g/mol. The monoisotopic (exact) mass is 663 g/mol. The van der Waals surface area contributed by atoms with E-state index >= 15 is 0 Å². The van der Waals surface area contributed by atoms with Gasteiger partial charge in [-0.2, -0.15) is 4.31 Å². The first-order chi connectivity index (χ1) is 21.2. The van der Waals surface area contributed by atoms with Crippen molar-refractivity contribution in [3.8, 4) is 11.1 Å². The van der Waals surface area contributed by atoms with Gasteiger partial charge in [0.1, 0.15) is 15.9 Å². The molecule has 10 nitrogen and oxygen atoms in total. The number of aliphatic carboxylic acids is 1. The third-order valence-electron chi connectivity index (χ3n) is 8.42. The van der Waals surface area contributed by atoms with Gasteiger partial charge in [0.15, 0.2) is 0 Å². The lowest BCUT2D eigenvalue weighted by atomic mass is 9.87. The zero-order chi connectivity index (χ0) is 33.2. The average Bonchev–Trinajstić information content (AvgIpc) is 2.97. The van der Waals surface area contributed by atoms with E-state index < -0.39 is 37.8 Å². The topological polar surface area (TPSA) is 141 Å². The molecular formula is C33H49N3O7S2. The maximum Gasteiger partial charge on any atom is 0.326 e. The minimum absolute atomic E-state index is 0.0467. The fraction of sp³-hybridized carbons (Fsp3) is 0.576. The van der Waals surface area contributed by atoms with Gasteiger partial charge in [-0.25, -0.2) is 21.6 Å². The number of sulfone groups is 1. The van der Waals surface area contributed by atoms with Crippen molar-refractivity contribution < 1.29 is 31.5 Å². The molecule has 45 heavy (non-hydrogen) atoms. The number of benzene rings is 2. The van der Waals surface area contributed by atoms with Crippen molar-refractivity contribution in [3.05, 3.63) is 59.2 Å². The number of carboxylic acids is 1. The van der Waals surface area contributed by atoms with E-state index in [0.717, 1.165) is 42.2 Å². The Kier molecular flexibility index (Phi) is 13.6. The number of hydrogen-bond acceptors (Lipinski definition) is 7. The average molecular weight is 664 g/mol. The van der Waals surface area contributed by atoms with Crippen LogP contribution in [0.25, 0.3) is 11.1 Å². The summed E-state index contributed by atoms with van der Waals surface area (Å²) in [6, 6.07) is 11.2. The van der Waals surface area contributed by atoms with Gasteiger partial charge in [0.05, 0.1) is 11.5 Å². The molecule has 1 amide bonds. The molecule has 1 atom stereocenters. The Morgan fingerprint density at radius 3 is 2.27 bits per heavy atom. The van der Waals surface area contributed by atoms with Crippen molar-refractivity contribution in [2.24, 2.45) is 5.92 Å². The van der Waals surface area contributed by atoms with Crippen LogP contribution in [0.5, 0.6) is 0 Å². The number of sulfonamides is 1. The summed E-state index contributed by atoms with van der Waals surface area (Å²) >= 11 is 0. The predicted molar refractivity (Wildman–Crippen MR) is 178 cm³/mol. The van der Waals surface area contributed by atoms with Crippen LogP contribution < -0.4 is 5.32 Å². The lowest BCUT2D eigenvalue weighted by molar-refractivity contribution is -0.139. The van der Waals surface area contributed by atoms with Gasteiger partial charge in [-0.15, -0.1) is 0 Å². The van der Waals surface area contributed by atoms with Crippen LogP contribution in [0.15, 0.2) is 42.5 Å². The second kappa shape index (κ2) is 16.7. The largest absolute Gasteiger partial charge is 0.480 e. The molecule has 0 radical (unpaired) electrons. The molecule has 0 spiro atoms. The molecule has 1 aliphatic carbocycles. The normalized spacial score (nSPS) is 15.3. The minimum atomic E-state index is -3.56. The molecule has 0 saturated heterocycles. The van der Waals surface area contributed by atoms with Gasteiger partial charge in [-0.05, 0) is 87.1 Å².